The lowest BCUT2D eigenvalue weighted by atomic mass is 10.3. The van der Waals surface area contributed by atoms with Crippen LogP contribution in [-0.4, -0.2) is 24.7 Å². The second kappa shape index (κ2) is 4.98. The molecule has 0 saturated carbocycles. The van der Waals surface area contributed by atoms with Crippen molar-refractivity contribution in [2.24, 2.45) is 0 Å². The van der Waals surface area contributed by atoms with Crippen LogP contribution in [0.5, 0.6) is 0 Å². The van der Waals surface area contributed by atoms with E-state index < -0.39 is 0 Å². The third-order valence-electron chi connectivity index (χ3n) is 2.09. The van der Waals surface area contributed by atoms with Gasteiger partial charge in [-0.15, -0.1) is 0 Å². The smallest absolute Gasteiger partial charge is 0.166 e. The number of hydrogen-bond donors (Lipinski definition) is 0. The van der Waals surface area contributed by atoms with Crippen LogP contribution < -0.4 is 10.6 Å². The van der Waals surface area contributed by atoms with Gasteiger partial charge in [-0.2, -0.15) is 5.10 Å². The second-order valence-electron chi connectivity index (χ2n) is 3.14. The molecular formula is C12H11N5. The molecule has 0 aliphatic heterocycles. The first-order chi connectivity index (χ1) is 8.36. The maximum atomic E-state index is 4.20. The lowest BCUT2D eigenvalue weighted by Gasteiger charge is -2.00. The van der Waals surface area contributed by atoms with Crippen molar-refractivity contribution in [3.05, 3.63) is 54.9 Å². The van der Waals surface area contributed by atoms with E-state index in [2.05, 4.69) is 33.2 Å². The Morgan fingerprint density at radius 1 is 1.06 bits per heavy atom. The van der Waals surface area contributed by atoms with Crippen LogP contribution in [0.3, 0.4) is 0 Å². The molecule has 2 rings (SSSR count). The lowest BCUT2D eigenvalue weighted by molar-refractivity contribution is 0.825. The molecule has 0 N–H and O–H groups in total. The van der Waals surface area contributed by atoms with E-state index in [0.29, 0.717) is 5.82 Å². The van der Waals surface area contributed by atoms with Crippen LogP contribution in [0.2, 0.25) is 0 Å². The molecule has 0 aromatic carbocycles. The normalized spacial score (nSPS) is 12.7. The summed E-state index contributed by atoms with van der Waals surface area (Å²) >= 11 is 0. The molecule has 0 amide bonds. The fourth-order valence-corrected chi connectivity index (χ4v) is 1.42. The number of hydrogen-bond acceptors (Lipinski definition) is 4. The Hall–Kier alpha value is -2.56. The van der Waals surface area contributed by atoms with Crippen LogP contribution in [0, 0.1) is 0 Å². The van der Waals surface area contributed by atoms with Crippen molar-refractivity contribution < 1.29 is 0 Å². The average Bonchev–Trinajstić information content (AvgIpc) is 2.85. The zero-order chi connectivity index (χ0) is 12.1. The molecule has 2 heterocycles. The van der Waals surface area contributed by atoms with E-state index in [4.69, 9.17) is 0 Å². The van der Waals surface area contributed by atoms with E-state index >= 15 is 0 Å². The van der Waals surface area contributed by atoms with Crippen molar-refractivity contribution in [3.8, 4) is 5.82 Å². The number of aromatic nitrogens is 5. The van der Waals surface area contributed by atoms with Crippen LogP contribution in [0.4, 0.5) is 0 Å². The zero-order valence-corrected chi connectivity index (χ0v) is 9.19. The maximum Gasteiger partial charge on any atom is 0.166 e. The molecule has 17 heavy (non-hydrogen) atoms. The molecule has 0 bridgehead atoms. The van der Waals surface area contributed by atoms with Gasteiger partial charge in [0, 0.05) is 5.22 Å². The Morgan fingerprint density at radius 3 is 2.53 bits per heavy atom. The highest BCUT2D eigenvalue weighted by molar-refractivity contribution is 5.44. The van der Waals surface area contributed by atoms with Crippen molar-refractivity contribution in [2.75, 3.05) is 0 Å². The van der Waals surface area contributed by atoms with Gasteiger partial charge in [0.2, 0.25) is 0 Å². The average molecular weight is 225 g/mol. The molecule has 84 valence electrons. The summed E-state index contributed by atoms with van der Waals surface area (Å²) in [5, 5.41) is 5.64. The van der Waals surface area contributed by atoms with Crippen LogP contribution in [0.15, 0.2) is 44.3 Å². The van der Waals surface area contributed by atoms with Crippen molar-refractivity contribution in [3.63, 3.8) is 0 Å². The number of nitrogens with zero attached hydrogens (tertiary/aromatic N) is 5. The summed E-state index contributed by atoms with van der Waals surface area (Å²) < 4.78 is 1.58. The summed E-state index contributed by atoms with van der Waals surface area (Å²) in [5.41, 5.74) is 0. The SMILES string of the molecule is C=C/C=c1/ncnc(-n2cncn2)/c1=C/C=C. The first kappa shape index (κ1) is 10.9. The summed E-state index contributed by atoms with van der Waals surface area (Å²) in [6.45, 7) is 7.34. The van der Waals surface area contributed by atoms with Gasteiger partial charge in [0.25, 0.3) is 0 Å². The fraction of sp³-hybridized carbons (Fsp3) is 0. The van der Waals surface area contributed by atoms with Crippen LogP contribution >= 0.6 is 0 Å². The molecule has 0 fully saturated rings. The Labute approximate surface area is 98.2 Å². The molecule has 5 heteroatoms. The standard InChI is InChI=1S/C12H11N5/c1-3-5-10-11(6-4-2)14-8-15-12(10)17-9-13-7-16-17/h3-9H,1-2H2/b10-5+,11-6+. The Balaban J connectivity index is 2.82. The lowest BCUT2D eigenvalue weighted by Crippen LogP contribution is -2.33. The Bertz CT molecular complexity index is 640. The Kier molecular flexibility index (Phi) is 3.20. The minimum atomic E-state index is 0.658. The molecular weight excluding hydrogens is 214 g/mol. The van der Waals surface area contributed by atoms with Crippen molar-refractivity contribution >= 4 is 12.2 Å². The summed E-state index contributed by atoms with van der Waals surface area (Å²) in [6, 6.07) is 0. The first-order valence-electron chi connectivity index (χ1n) is 4.98. The maximum absolute atomic E-state index is 4.20. The molecule has 0 saturated heterocycles. The molecule has 5 nitrogen and oxygen atoms in total. The molecule has 0 unspecified atom stereocenters. The molecule has 0 aliphatic carbocycles. The van der Waals surface area contributed by atoms with Crippen LogP contribution in [0.1, 0.15) is 0 Å². The summed E-state index contributed by atoms with van der Waals surface area (Å²) in [5.74, 6) is 0.658. The molecule has 0 radical (unpaired) electrons. The first-order valence-corrected chi connectivity index (χ1v) is 4.98. The second-order valence-corrected chi connectivity index (χ2v) is 3.14. The quantitative estimate of drug-likeness (QED) is 0.737. The molecule has 0 aliphatic rings. The van der Waals surface area contributed by atoms with E-state index in [1.165, 1.54) is 12.7 Å². The summed E-state index contributed by atoms with van der Waals surface area (Å²) in [7, 11) is 0. The molecule has 0 atom stereocenters. The monoisotopic (exact) mass is 225 g/mol. The van der Waals surface area contributed by atoms with Gasteiger partial charge < -0.3 is 0 Å². The highest BCUT2D eigenvalue weighted by Gasteiger charge is 2.01. The van der Waals surface area contributed by atoms with E-state index in [9.17, 15) is 0 Å². The van der Waals surface area contributed by atoms with Gasteiger partial charge >= 0.3 is 0 Å². The van der Waals surface area contributed by atoms with Gasteiger partial charge in [-0.25, -0.2) is 19.6 Å². The van der Waals surface area contributed by atoms with Gasteiger partial charge in [-0.05, 0) is 12.2 Å². The largest absolute Gasteiger partial charge is 0.236 e. The topological polar surface area (TPSA) is 56.5 Å². The van der Waals surface area contributed by atoms with Gasteiger partial charge in [-0.3, -0.25) is 0 Å². The highest BCUT2D eigenvalue weighted by atomic mass is 15.3. The van der Waals surface area contributed by atoms with Gasteiger partial charge in [-0.1, -0.05) is 25.3 Å². The van der Waals surface area contributed by atoms with Crippen molar-refractivity contribution in [1.29, 1.82) is 0 Å². The van der Waals surface area contributed by atoms with Crippen molar-refractivity contribution in [1.82, 2.24) is 24.7 Å². The van der Waals surface area contributed by atoms with Crippen LogP contribution in [0.25, 0.3) is 18.0 Å². The van der Waals surface area contributed by atoms with E-state index in [1.54, 1.807) is 29.2 Å². The predicted octanol–water partition coefficient (Wildman–Crippen LogP) is -0.00970. The number of allylic oxidation sites excluding steroid dienone is 2. The predicted molar refractivity (Wildman–Crippen MR) is 65.5 cm³/mol. The van der Waals surface area contributed by atoms with E-state index in [0.717, 1.165) is 10.6 Å². The van der Waals surface area contributed by atoms with Gasteiger partial charge in [0.15, 0.2) is 5.82 Å². The van der Waals surface area contributed by atoms with Gasteiger partial charge in [0.1, 0.15) is 19.0 Å². The summed E-state index contributed by atoms with van der Waals surface area (Å²) in [4.78, 5) is 12.3. The minimum Gasteiger partial charge on any atom is -0.236 e. The van der Waals surface area contributed by atoms with E-state index in [1.807, 2.05) is 6.08 Å². The highest BCUT2D eigenvalue weighted by Crippen LogP contribution is 1.89. The Morgan fingerprint density at radius 2 is 1.88 bits per heavy atom. The minimum absolute atomic E-state index is 0.658. The third-order valence-corrected chi connectivity index (χ3v) is 2.09. The van der Waals surface area contributed by atoms with Crippen LogP contribution in [-0.2, 0) is 0 Å². The van der Waals surface area contributed by atoms with E-state index in [-0.39, 0.29) is 0 Å². The van der Waals surface area contributed by atoms with Crippen molar-refractivity contribution in [2.45, 2.75) is 0 Å². The third kappa shape index (κ3) is 2.17. The molecule has 2 aromatic heterocycles. The molecule has 0 spiro atoms. The number of rotatable bonds is 3. The van der Waals surface area contributed by atoms with Gasteiger partial charge in [0.05, 0.1) is 5.35 Å². The molecule has 2 aromatic rings. The summed E-state index contributed by atoms with van der Waals surface area (Å²) in [6.07, 6.45) is 11.5. The fourth-order valence-electron chi connectivity index (χ4n) is 1.42. The zero-order valence-electron chi connectivity index (χ0n) is 9.19.